The van der Waals surface area contributed by atoms with E-state index in [1.807, 2.05) is 30.3 Å². The van der Waals surface area contributed by atoms with Crippen molar-refractivity contribution in [2.45, 2.75) is 12.7 Å². The number of para-hydroxylation sites is 1. The summed E-state index contributed by atoms with van der Waals surface area (Å²) in [6.07, 6.45) is -1.75. The summed E-state index contributed by atoms with van der Waals surface area (Å²) in [5.41, 5.74) is 2.81. The Morgan fingerprint density at radius 1 is 0.909 bits per heavy atom. The summed E-state index contributed by atoms with van der Waals surface area (Å²) in [4.78, 5) is 41.3. The molecule has 6 nitrogen and oxygen atoms in total. The molecule has 0 saturated carbocycles. The van der Waals surface area contributed by atoms with Gasteiger partial charge in [-0.25, -0.2) is 0 Å². The normalized spacial score (nSPS) is 14.2. The van der Waals surface area contributed by atoms with Gasteiger partial charge >= 0.3 is 6.18 Å². The Bertz CT molecular complexity index is 1960. The Balaban J connectivity index is 1.33. The second-order valence-electron chi connectivity index (χ2n) is 9.97. The van der Waals surface area contributed by atoms with Crippen LogP contribution in [0, 0.1) is 0 Å². The zero-order valence-corrected chi connectivity index (χ0v) is 23.6. The molecule has 1 aliphatic heterocycles. The van der Waals surface area contributed by atoms with Crippen LogP contribution >= 0.6 is 11.8 Å². The zero-order chi connectivity index (χ0) is 30.8. The number of ketones is 1. The van der Waals surface area contributed by atoms with E-state index < -0.39 is 22.9 Å². The third-order valence-electron chi connectivity index (χ3n) is 7.05. The Hall–Kier alpha value is -5.22. The number of hydrogen-bond donors (Lipinski definition) is 2. The van der Waals surface area contributed by atoms with E-state index in [2.05, 4.69) is 15.6 Å². The van der Waals surface area contributed by atoms with Crippen LogP contribution in [0.25, 0.3) is 28.1 Å². The molecule has 1 aromatic heterocycles. The van der Waals surface area contributed by atoms with Crippen molar-refractivity contribution in [2.24, 2.45) is 0 Å². The van der Waals surface area contributed by atoms with Gasteiger partial charge < -0.3 is 5.32 Å². The minimum Gasteiger partial charge on any atom is -0.381 e. The van der Waals surface area contributed by atoms with Crippen molar-refractivity contribution in [3.8, 4) is 11.1 Å². The number of halogens is 3. The van der Waals surface area contributed by atoms with Crippen LogP contribution in [0.5, 0.6) is 0 Å². The maximum absolute atomic E-state index is 13.9. The average Bonchev–Trinajstić information content (AvgIpc) is 3.35. The van der Waals surface area contributed by atoms with Gasteiger partial charge in [0.15, 0.2) is 5.78 Å². The molecule has 2 amide bonds. The van der Waals surface area contributed by atoms with Gasteiger partial charge in [0.25, 0.3) is 11.1 Å². The minimum atomic E-state index is -4.62. The van der Waals surface area contributed by atoms with Crippen LogP contribution in [0.4, 0.5) is 23.7 Å². The second-order valence-corrected chi connectivity index (χ2v) is 11.0. The number of fused-ring (bicyclic) bond motifs is 1. The zero-order valence-electron chi connectivity index (χ0n) is 22.8. The molecule has 0 spiro atoms. The van der Waals surface area contributed by atoms with Crippen LogP contribution in [0.3, 0.4) is 0 Å². The fraction of sp³-hybridized carbons (Fsp3) is 0.0588. The van der Waals surface area contributed by atoms with Crippen LogP contribution in [0.1, 0.15) is 32.6 Å². The molecule has 1 saturated heterocycles. The topological polar surface area (TPSA) is 88.2 Å². The highest BCUT2D eigenvalue weighted by Gasteiger charge is 2.34. The van der Waals surface area contributed by atoms with E-state index in [9.17, 15) is 27.6 Å². The Morgan fingerprint density at radius 3 is 2.36 bits per heavy atom. The SMILES string of the molecule is O=C1NC(=O)/C(=C/c2ccc(CNc3cccc(-c4c(C(=O)c5ccccc5)cnc5c(C(F)(F)F)cccc45)c3)cc2)S1. The number of thioether (sulfide) groups is 1. The molecule has 0 unspecified atom stereocenters. The molecule has 0 aliphatic carbocycles. The minimum absolute atomic E-state index is 0.195. The number of nitrogens with zero attached hydrogens (tertiary/aromatic N) is 1. The lowest BCUT2D eigenvalue weighted by atomic mass is 9.91. The predicted molar refractivity (Wildman–Crippen MR) is 165 cm³/mol. The molecule has 4 aromatic carbocycles. The Labute approximate surface area is 254 Å². The van der Waals surface area contributed by atoms with Crippen LogP contribution in [0.2, 0.25) is 0 Å². The summed E-state index contributed by atoms with van der Waals surface area (Å²) in [6, 6.07) is 27.0. The number of imide groups is 1. The fourth-order valence-electron chi connectivity index (χ4n) is 4.97. The molecule has 2 N–H and O–H groups in total. The van der Waals surface area contributed by atoms with E-state index in [1.54, 1.807) is 60.7 Å². The number of alkyl halides is 3. The van der Waals surface area contributed by atoms with E-state index in [0.29, 0.717) is 33.8 Å². The molecule has 2 heterocycles. The molecular weight excluding hydrogens is 587 g/mol. The van der Waals surface area contributed by atoms with Gasteiger partial charge in [-0.2, -0.15) is 13.2 Å². The molecule has 1 fully saturated rings. The summed E-state index contributed by atoms with van der Waals surface area (Å²) in [7, 11) is 0. The number of hydrogen-bond acceptors (Lipinski definition) is 6. The molecule has 218 valence electrons. The van der Waals surface area contributed by atoms with E-state index in [4.69, 9.17) is 0 Å². The quantitative estimate of drug-likeness (QED) is 0.143. The van der Waals surface area contributed by atoms with Gasteiger partial charge in [-0.15, -0.1) is 0 Å². The largest absolute Gasteiger partial charge is 0.418 e. The lowest BCUT2D eigenvalue weighted by Crippen LogP contribution is -2.17. The van der Waals surface area contributed by atoms with Crippen molar-refractivity contribution in [3.05, 3.63) is 136 Å². The van der Waals surface area contributed by atoms with Gasteiger partial charge in [0, 0.05) is 40.5 Å². The van der Waals surface area contributed by atoms with Crippen molar-refractivity contribution in [1.29, 1.82) is 0 Å². The number of pyridine rings is 1. The molecule has 10 heteroatoms. The van der Waals surface area contributed by atoms with E-state index in [1.165, 1.54) is 12.3 Å². The van der Waals surface area contributed by atoms with Crippen LogP contribution in [-0.4, -0.2) is 21.9 Å². The molecule has 6 rings (SSSR count). The molecule has 5 aromatic rings. The first-order chi connectivity index (χ1) is 21.2. The van der Waals surface area contributed by atoms with Gasteiger partial charge in [-0.3, -0.25) is 24.7 Å². The smallest absolute Gasteiger partial charge is 0.381 e. The molecule has 0 bridgehead atoms. The predicted octanol–water partition coefficient (Wildman–Crippen LogP) is 8.09. The Morgan fingerprint density at radius 2 is 1.66 bits per heavy atom. The number of rotatable bonds is 7. The van der Waals surface area contributed by atoms with Crippen LogP contribution in [0.15, 0.2) is 108 Å². The summed E-state index contributed by atoms with van der Waals surface area (Å²) >= 11 is 0.852. The standard InChI is InChI=1S/C34H22F3N3O3S/c35-34(36,37)27-11-5-10-25-29(26(19-39-30(25)27)31(41)22-6-2-1-3-7-22)23-8-4-9-24(17-23)38-18-21-14-12-20(13-15-21)16-28-32(42)40-33(43)44-28/h1-17,19,38H,18H2,(H,40,42,43)/b28-16-. The lowest BCUT2D eigenvalue weighted by Gasteiger charge is -2.16. The van der Waals surface area contributed by atoms with Crippen LogP contribution < -0.4 is 10.6 Å². The van der Waals surface area contributed by atoms with Gasteiger partial charge in [0.1, 0.15) is 0 Å². The highest BCUT2D eigenvalue weighted by atomic mass is 32.2. The van der Waals surface area contributed by atoms with Gasteiger partial charge in [-0.1, -0.05) is 78.9 Å². The molecule has 1 aliphatic rings. The van der Waals surface area contributed by atoms with Crippen LogP contribution in [-0.2, 0) is 17.5 Å². The number of amides is 2. The second kappa shape index (κ2) is 11.8. The molecule has 0 atom stereocenters. The number of anilines is 1. The third-order valence-corrected chi connectivity index (χ3v) is 7.86. The highest BCUT2D eigenvalue weighted by Crippen LogP contribution is 2.39. The summed E-state index contributed by atoms with van der Waals surface area (Å²) in [6.45, 7) is 0.430. The van der Waals surface area contributed by atoms with Gasteiger partial charge in [0.05, 0.1) is 16.0 Å². The molecule has 0 radical (unpaired) electrons. The fourth-order valence-corrected chi connectivity index (χ4v) is 5.66. The summed E-state index contributed by atoms with van der Waals surface area (Å²) < 4.78 is 41.7. The number of carbonyl (C=O) groups excluding carboxylic acids is 3. The van der Waals surface area contributed by atoms with Crippen molar-refractivity contribution < 1.29 is 27.6 Å². The average molecular weight is 610 g/mol. The summed E-state index contributed by atoms with van der Waals surface area (Å²) in [5.74, 6) is -0.769. The number of aromatic nitrogens is 1. The maximum atomic E-state index is 13.9. The number of nitrogens with one attached hydrogen (secondary N) is 2. The van der Waals surface area contributed by atoms with E-state index in [0.717, 1.165) is 29.0 Å². The first-order valence-electron chi connectivity index (χ1n) is 13.4. The highest BCUT2D eigenvalue weighted by molar-refractivity contribution is 8.18. The first-order valence-corrected chi connectivity index (χ1v) is 14.3. The molecule has 44 heavy (non-hydrogen) atoms. The third kappa shape index (κ3) is 5.97. The van der Waals surface area contributed by atoms with Crippen molar-refractivity contribution in [2.75, 3.05) is 5.32 Å². The van der Waals surface area contributed by atoms with Gasteiger partial charge in [-0.05, 0) is 52.7 Å². The summed E-state index contributed by atoms with van der Waals surface area (Å²) in [5, 5.41) is 5.38. The molecular formula is C34H22F3N3O3S. The maximum Gasteiger partial charge on any atom is 0.418 e. The van der Waals surface area contributed by atoms with Gasteiger partial charge in [0.2, 0.25) is 0 Å². The first kappa shape index (κ1) is 28.9. The van der Waals surface area contributed by atoms with E-state index >= 15 is 0 Å². The Kier molecular flexibility index (Phi) is 7.75. The van der Waals surface area contributed by atoms with E-state index in [-0.39, 0.29) is 22.2 Å². The van der Waals surface area contributed by atoms with Crippen molar-refractivity contribution >= 4 is 51.4 Å². The van der Waals surface area contributed by atoms with Crippen molar-refractivity contribution in [3.63, 3.8) is 0 Å². The van der Waals surface area contributed by atoms with Crippen molar-refractivity contribution in [1.82, 2.24) is 10.3 Å². The monoisotopic (exact) mass is 609 g/mol. The lowest BCUT2D eigenvalue weighted by molar-refractivity contribution is -0.136. The number of carbonyl (C=O) groups is 3. The number of benzene rings is 4.